The van der Waals surface area contributed by atoms with Gasteiger partial charge in [0.25, 0.3) is 5.91 Å². The molecule has 0 radical (unpaired) electrons. The molecule has 1 fully saturated rings. The van der Waals surface area contributed by atoms with Crippen molar-refractivity contribution in [2.75, 3.05) is 18.4 Å². The summed E-state index contributed by atoms with van der Waals surface area (Å²) in [6.07, 6.45) is 3.36. The standard InChI is InChI=1S/C24H24FN3O4S/c25-18-9-7-16(8-10-18)15-32-23(31)17-5-4-6-19(13-17)26-21(29)14-20-22(30)27-24(33-20)28-11-2-1-3-12-28/h4-10,13,20H,1-3,11-12,14-15H2,(H,26,29). The van der Waals surface area contributed by atoms with Gasteiger partial charge in [0.1, 0.15) is 17.7 Å². The molecule has 2 heterocycles. The van der Waals surface area contributed by atoms with Crippen LogP contribution < -0.4 is 5.32 Å². The summed E-state index contributed by atoms with van der Waals surface area (Å²) in [5.41, 5.74) is 1.37. The predicted molar refractivity (Wildman–Crippen MR) is 124 cm³/mol. The molecule has 0 spiro atoms. The highest BCUT2D eigenvalue weighted by Gasteiger charge is 2.33. The summed E-state index contributed by atoms with van der Waals surface area (Å²) in [5.74, 6) is -1.53. The minimum Gasteiger partial charge on any atom is -0.457 e. The number of thioether (sulfide) groups is 1. The van der Waals surface area contributed by atoms with E-state index in [1.54, 1.807) is 30.3 Å². The summed E-state index contributed by atoms with van der Waals surface area (Å²) < 4.78 is 18.2. The van der Waals surface area contributed by atoms with Crippen LogP contribution in [-0.4, -0.2) is 46.2 Å². The lowest BCUT2D eigenvalue weighted by molar-refractivity contribution is -0.121. The number of nitrogens with one attached hydrogen (secondary N) is 1. The second-order valence-corrected chi connectivity index (χ2v) is 9.09. The molecule has 2 amide bonds. The van der Waals surface area contributed by atoms with Crippen LogP contribution in [0.1, 0.15) is 41.6 Å². The quantitative estimate of drug-likeness (QED) is 0.644. The average Bonchev–Trinajstić information content (AvgIpc) is 3.19. The van der Waals surface area contributed by atoms with Crippen LogP contribution in [0.15, 0.2) is 53.5 Å². The molecule has 1 N–H and O–H groups in total. The topological polar surface area (TPSA) is 88.1 Å². The van der Waals surface area contributed by atoms with E-state index in [1.165, 1.54) is 36.4 Å². The number of hydrogen-bond donors (Lipinski definition) is 1. The fourth-order valence-electron chi connectivity index (χ4n) is 3.65. The third kappa shape index (κ3) is 6.19. The molecule has 33 heavy (non-hydrogen) atoms. The van der Waals surface area contributed by atoms with Crippen LogP contribution in [0.3, 0.4) is 0 Å². The van der Waals surface area contributed by atoms with Gasteiger partial charge in [-0.05, 0) is 55.2 Å². The minimum absolute atomic E-state index is 0.00355. The van der Waals surface area contributed by atoms with Crippen LogP contribution in [-0.2, 0) is 20.9 Å². The van der Waals surface area contributed by atoms with Crippen molar-refractivity contribution in [1.29, 1.82) is 0 Å². The summed E-state index contributed by atoms with van der Waals surface area (Å²) in [7, 11) is 0. The summed E-state index contributed by atoms with van der Waals surface area (Å²) in [4.78, 5) is 43.4. The van der Waals surface area contributed by atoms with Gasteiger partial charge in [-0.25, -0.2) is 9.18 Å². The molecule has 1 atom stereocenters. The number of halogens is 1. The Labute approximate surface area is 195 Å². The number of nitrogens with zero attached hydrogens (tertiary/aromatic N) is 2. The number of hydrogen-bond acceptors (Lipinski definition) is 6. The van der Waals surface area contributed by atoms with Gasteiger partial charge in [-0.1, -0.05) is 30.0 Å². The molecular weight excluding hydrogens is 445 g/mol. The van der Waals surface area contributed by atoms with Crippen LogP contribution in [0.2, 0.25) is 0 Å². The van der Waals surface area contributed by atoms with E-state index in [1.807, 2.05) is 0 Å². The smallest absolute Gasteiger partial charge is 0.338 e. The molecule has 7 nitrogen and oxygen atoms in total. The first kappa shape index (κ1) is 23.0. The Morgan fingerprint density at radius 1 is 1.12 bits per heavy atom. The Morgan fingerprint density at radius 3 is 2.64 bits per heavy atom. The molecule has 1 saturated heterocycles. The molecule has 0 aliphatic carbocycles. The first-order valence-corrected chi connectivity index (χ1v) is 11.7. The number of piperidine rings is 1. The first-order valence-electron chi connectivity index (χ1n) is 10.8. The molecule has 1 unspecified atom stereocenters. The maximum Gasteiger partial charge on any atom is 0.338 e. The van der Waals surface area contributed by atoms with Gasteiger partial charge in [-0.3, -0.25) is 9.59 Å². The number of carbonyl (C=O) groups excluding carboxylic acids is 3. The van der Waals surface area contributed by atoms with Gasteiger partial charge in [-0.2, -0.15) is 4.99 Å². The summed E-state index contributed by atoms with van der Waals surface area (Å²) in [6.45, 7) is 1.79. The Balaban J connectivity index is 1.29. The zero-order valence-electron chi connectivity index (χ0n) is 18.0. The zero-order valence-corrected chi connectivity index (χ0v) is 18.8. The molecule has 0 aromatic heterocycles. The van der Waals surface area contributed by atoms with Crippen molar-refractivity contribution in [3.8, 4) is 0 Å². The third-order valence-electron chi connectivity index (χ3n) is 5.39. The number of amidine groups is 1. The van der Waals surface area contributed by atoms with Crippen molar-refractivity contribution in [2.24, 2.45) is 4.99 Å². The number of rotatable bonds is 6. The lowest BCUT2D eigenvalue weighted by Gasteiger charge is -2.27. The molecule has 2 aliphatic heterocycles. The number of benzene rings is 2. The van der Waals surface area contributed by atoms with Crippen LogP contribution in [0, 0.1) is 5.82 Å². The Bertz CT molecular complexity index is 1070. The van der Waals surface area contributed by atoms with Crippen molar-refractivity contribution in [3.05, 3.63) is 65.5 Å². The van der Waals surface area contributed by atoms with Gasteiger partial charge < -0.3 is 15.0 Å². The molecule has 172 valence electrons. The number of esters is 1. The van der Waals surface area contributed by atoms with Gasteiger partial charge in [0, 0.05) is 25.2 Å². The molecule has 0 saturated carbocycles. The highest BCUT2D eigenvalue weighted by atomic mass is 32.2. The maximum atomic E-state index is 13.0. The third-order valence-corrected chi connectivity index (χ3v) is 6.60. The second kappa shape index (κ2) is 10.6. The van der Waals surface area contributed by atoms with E-state index in [2.05, 4.69) is 15.2 Å². The van der Waals surface area contributed by atoms with E-state index in [4.69, 9.17) is 4.74 Å². The maximum absolute atomic E-state index is 13.0. The van der Waals surface area contributed by atoms with Crippen molar-refractivity contribution in [1.82, 2.24) is 4.90 Å². The number of likely N-dealkylation sites (tertiary alicyclic amines) is 1. The monoisotopic (exact) mass is 469 g/mol. The van der Waals surface area contributed by atoms with E-state index in [0.717, 1.165) is 25.9 Å². The van der Waals surface area contributed by atoms with Crippen LogP contribution in [0.4, 0.5) is 10.1 Å². The number of anilines is 1. The van der Waals surface area contributed by atoms with Gasteiger partial charge in [0.05, 0.1) is 5.56 Å². The van der Waals surface area contributed by atoms with Crippen LogP contribution >= 0.6 is 11.8 Å². The highest BCUT2D eigenvalue weighted by Crippen LogP contribution is 2.29. The van der Waals surface area contributed by atoms with E-state index >= 15 is 0 Å². The van der Waals surface area contributed by atoms with Gasteiger partial charge in [0.2, 0.25) is 5.91 Å². The van der Waals surface area contributed by atoms with Gasteiger partial charge in [0.15, 0.2) is 5.17 Å². The number of amides is 2. The highest BCUT2D eigenvalue weighted by molar-refractivity contribution is 8.15. The molecule has 4 rings (SSSR count). The fraction of sp³-hybridized carbons (Fsp3) is 0.333. The molecule has 2 aromatic rings. The van der Waals surface area contributed by atoms with Crippen molar-refractivity contribution in [3.63, 3.8) is 0 Å². The largest absolute Gasteiger partial charge is 0.457 e. The van der Waals surface area contributed by atoms with E-state index in [0.29, 0.717) is 16.4 Å². The SMILES string of the molecule is O=C(CC1SC(N2CCCCC2)=NC1=O)Nc1cccc(C(=O)OCc2ccc(F)cc2)c1. The fourth-order valence-corrected chi connectivity index (χ4v) is 4.76. The molecule has 2 aromatic carbocycles. The molecular formula is C24H24FN3O4S. The normalized spacial score (nSPS) is 18.1. The average molecular weight is 470 g/mol. The number of carbonyl (C=O) groups is 3. The molecule has 0 bridgehead atoms. The summed E-state index contributed by atoms with van der Waals surface area (Å²) >= 11 is 1.35. The Morgan fingerprint density at radius 2 is 1.88 bits per heavy atom. The van der Waals surface area contributed by atoms with Crippen molar-refractivity contribution >= 4 is 40.4 Å². The number of ether oxygens (including phenoxy) is 1. The minimum atomic E-state index is -0.559. The Kier molecular flexibility index (Phi) is 7.39. The zero-order chi connectivity index (χ0) is 23.2. The predicted octanol–water partition coefficient (Wildman–Crippen LogP) is 4.00. The summed E-state index contributed by atoms with van der Waals surface area (Å²) in [5, 5.41) is 2.92. The van der Waals surface area contributed by atoms with Crippen LogP contribution in [0.25, 0.3) is 0 Å². The van der Waals surface area contributed by atoms with E-state index in [-0.39, 0.29) is 36.2 Å². The van der Waals surface area contributed by atoms with Gasteiger partial charge >= 0.3 is 5.97 Å². The number of aliphatic imine (C=N–C) groups is 1. The lowest BCUT2D eigenvalue weighted by Crippen LogP contribution is -2.33. The van der Waals surface area contributed by atoms with Gasteiger partial charge in [-0.15, -0.1) is 0 Å². The van der Waals surface area contributed by atoms with E-state index < -0.39 is 11.2 Å². The van der Waals surface area contributed by atoms with Crippen molar-refractivity contribution < 1.29 is 23.5 Å². The first-order chi connectivity index (χ1) is 16.0. The van der Waals surface area contributed by atoms with Crippen molar-refractivity contribution in [2.45, 2.75) is 37.5 Å². The second-order valence-electron chi connectivity index (χ2n) is 7.92. The Hall–Kier alpha value is -3.20. The molecule has 2 aliphatic rings. The summed E-state index contributed by atoms with van der Waals surface area (Å²) in [6, 6.07) is 12.1. The lowest BCUT2D eigenvalue weighted by atomic mass is 10.1. The van der Waals surface area contributed by atoms with Crippen LogP contribution in [0.5, 0.6) is 0 Å². The molecule has 9 heteroatoms. The van der Waals surface area contributed by atoms with E-state index in [9.17, 15) is 18.8 Å².